The lowest BCUT2D eigenvalue weighted by Crippen LogP contribution is -2.02. The number of fused-ring (bicyclic) bond motifs is 3. The van der Waals surface area contributed by atoms with Gasteiger partial charge in [-0.05, 0) is 11.6 Å². The van der Waals surface area contributed by atoms with E-state index < -0.39 is 0 Å². The van der Waals surface area contributed by atoms with Crippen LogP contribution >= 0.6 is 11.6 Å². The summed E-state index contributed by atoms with van der Waals surface area (Å²) in [6, 6.07) is 6.85. The molecule has 0 aromatic heterocycles. The first-order valence-corrected chi connectivity index (χ1v) is 6.03. The fourth-order valence-electron chi connectivity index (χ4n) is 2.50. The molecule has 0 bridgehead atoms. The average Bonchev–Trinajstić information content (AvgIpc) is 2.72. The molecule has 3 rings (SSSR count). The smallest absolute Gasteiger partial charge is 0.125 e. The van der Waals surface area contributed by atoms with Gasteiger partial charge in [-0.25, -0.2) is 0 Å². The zero-order valence-electron chi connectivity index (χ0n) is 9.07. The van der Waals surface area contributed by atoms with Crippen molar-refractivity contribution in [2.75, 3.05) is 17.7 Å². The first-order chi connectivity index (χ1) is 8.22. The molecule has 0 saturated heterocycles. The number of hydrogen-bond acceptors (Lipinski definition) is 3. The standard InChI is InChI=1S/C13H12ClNO2/c14-5-7-6-15-9-4-11(17)8-2-1-3-10(16)13(8)12(7)9/h1-4,7,15-17H,5-6H2/t7-/m1/s1. The molecule has 0 amide bonds. The highest BCUT2D eigenvalue weighted by molar-refractivity contribution is 6.19. The second-order valence-electron chi connectivity index (χ2n) is 4.29. The monoisotopic (exact) mass is 249 g/mol. The molecule has 17 heavy (non-hydrogen) atoms. The van der Waals surface area contributed by atoms with Crippen LogP contribution in [0.3, 0.4) is 0 Å². The van der Waals surface area contributed by atoms with Gasteiger partial charge in [0.25, 0.3) is 0 Å². The minimum Gasteiger partial charge on any atom is -0.507 e. The van der Waals surface area contributed by atoms with Gasteiger partial charge in [-0.2, -0.15) is 0 Å². The molecule has 0 unspecified atom stereocenters. The van der Waals surface area contributed by atoms with E-state index in [0.29, 0.717) is 16.7 Å². The molecule has 2 aromatic carbocycles. The topological polar surface area (TPSA) is 52.5 Å². The number of alkyl halides is 1. The molecule has 4 heteroatoms. The normalized spacial score (nSPS) is 18.1. The van der Waals surface area contributed by atoms with E-state index in [2.05, 4.69) is 5.32 Å². The Hall–Kier alpha value is -1.61. The van der Waals surface area contributed by atoms with Gasteiger partial charge in [0.05, 0.1) is 0 Å². The number of benzene rings is 2. The molecule has 0 saturated carbocycles. The Balaban J connectivity index is 2.43. The summed E-state index contributed by atoms with van der Waals surface area (Å²) in [6.45, 7) is 0.742. The quantitative estimate of drug-likeness (QED) is 0.681. The highest BCUT2D eigenvalue weighted by Gasteiger charge is 2.26. The molecular formula is C13H12ClNO2. The maximum atomic E-state index is 9.99. The number of phenols is 2. The Kier molecular flexibility index (Phi) is 2.30. The highest BCUT2D eigenvalue weighted by atomic mass is 35.5. The molecular weight excluding hydrogens is 238 g/mol. The van der Waals surface area contributed by atoms with Gasteiger partial charge in [0.1, 0.15) is 11.5 Å². The molecule has 1 atom stereocenters. The summed E-state index contributed by atoms with van der Waals surface area (Å²) in [4.78, 5) is 0. The summed E-state index contributed by atoms with van der Waals surface area (Å²) in [5.41, 5.74) is 1.87. The predicted molar refractivity (Wildman–Crippen MR) is 69.2 cm³/mol. The third-order valence-electron chi connectivity index (χ3n) is 3.29. The van der Waals surface area contributed by atoms with E-state index in [1.165, 1.54) is 0 Å². The molecule has 0 radical (unpaired) electrons. The van der Waals surface area contributed by atoms with Gasteiger partial charge in [0.15, 0.2) is 0 Å². The molecule has 0 spiro atoms. The van der Waals surface area contributed by atoms with Crippen LogP contribution in [0, 0.1) is 0 Å². The Bertz CT molecular complexity index is 597. The van der Waals surface area contributed by atoms with E-state index in [1.54, 1.807) is 24.3 Å². The van der Waals surface area contributed by atoms with Crippen LogP contribution in [0.5, 0.6) is 11.5 Å². The Morgan fingerprint density at radius 3 is 2.88 bits per heavy atom. The molecule has 3 nitrogen and oxygen atoms in total. The van der Waals surface area contributed by atoms with Crippen LogP contribution in [0.2, 0.25) is 0 Å². The van der Waals surface area contributed by atoms with Gasteiger partial charge >= 0.3 is 0 Å². The second-order valence-corrected chi connectivity index (χ2v) is 4.60. The van der Waals surface area contributed by atoms with Crippen molar-refractivity contribution >= 4 is 28.1 Å². The van der Waals surface area contributed by atoms with Crippen LogP contribution in [0.15, 0.2) is 24.3 Å². The Labute approximate surface area is 104 Å². The largest absolute Gasteiger partial charge is 0.507 e. The summed E-state index contributed by atoms with van der Waals surface area (Å²) >= 11 is 5.94. The van der Waals surface area contributed by atoms with Gasteiger partial charge < -0.3 is 15.5 Å². The second kappa shape index (κ2) is 3.70. The van der Waals surface area contributed by atoms with Gasteiger partial charge in [-0.3, -0.25) is 0 Å². The molecule has 1 aliphatic rings. The van der Waals surface area contributed by atoms with Crippen LogP contribution in [0.25, 0.3) is 10.8 Å². The Morgan fingerprint density at radius 1 is 1.29 bits per heavy atom. The zero-order valence-corrected chi connectivity index (χ0v) is 9.83. The van der Waals surface area contributed by atoms with Crippen molar-refractivity contribution in [1.29, 1.82) is 0 Å². The van der Waals surface area contributed by atoms with E-state index >= 15 is 0 Å². The zero-order chi connectivity index (χ0) is 12.0. The van der Waals surface area contributed by atoms with E-state index in [1.807, 2.05) is 0 Å². The fourth-order valence-corrected chi connectivity index (χ4v) is 2.76. The average molecular weight is 250 g/mol. The number of aromatic hydroxyl groups is 2. The van der Waals surface area contributed by atoms with E-state index in [9.17, 15) is 10.2 Å². The number of nitrogens with one attached hydrogen (secondary N) is 1. The molecule has 2 aromatic rings. The summed E-state index contributed by atoms with van der Waals surface area (Å²) in [5, 5.41) is 24.5. The number of rotatable bonds is 1. The summed E-state index contributed by atoms with van der Waals surface area (Å²) < 4.78 is 0. The third-order valence-corrected chi connectivity index (χ3v) is 3.66. The summed E-state index contributed by atoms with van der Waals surface area (Å²) in [5.74, 6) is 1.03. The van der Waals surface area contributed by atoms with Crippen molar-refractivity contribution in [3.8, 4) is 11.5 Å². The summed E-state index contributed by atoms with van der Waals surface area (Å²) in [6.07, 6.45) is 0. The van der Waals surface area contributed by atoms with E-state index in [-0.39, 0.29) is 17.4 Å². The lowest BCUT2D eigenvalue weighted by Gasteiger charge is -2.12. The lowest BCUT2D eigenvalue weighted by atomic mass is 9.95. The van der Waals surface area contributed by atoms with Crippen molar-refractivity contribution in [3.63, 3.8) is 0 Å². The van der Waals surface area contributed by atoms with Gasteiger partial charge in [-0.1, -0.05) is 12.1 Å². The fraction of sp³-hybridized carbons (Fsp3) is 0.231. The molecule has 88 valence electrons. The number of phenolic OH excluding ortho intramolecular Hbond substituents is 2. The van der Waals surface area contributed by atoms with Crippen molar-refractivity contribution in [3.05, 3.63) is 29.8 Å². The van der Waals surface area contributed by atoms with Crippen LogP contribution in [-0.4, -0.2) is 22.6 Å². The third kappa shape index (κ3) is 1.42. The minimum atomic E-state index is 0.170. The minimum absolute atomic E-state index is 0.170. The molecule has 0 aliphatic carbocycles. The van der Waals surface area contributed by atoms with Crippen LogP contribution in [-0.2, 0) is 0 Å². The van der Waals surface area contributed by atoms with Crippen LogP contribution in [0.1, 0.15) is 11.5 Å². The predicted octanol–water partition coefficient (Wildman–Crippen LogP) is 3.00. The van der Waals surface area contributed by atoms with E-state index in [4.69, 9.17) is 11.6 Å². The highest BCUT2D eigenvalue weighted by Crippen LogP contribution is 2.45. The maximum Gasteiger partial charge on any atom is 0.125 e. The van der Waals surface area contributed by atoms with Crippen LogP contribution in [0.4, 0.5) is 5.69 Å². The van der Waals surface area contributed by atoms with Crippen molar-refractivity contribution in [1.82, 2.24) is 0 Å². The van der Waals surface area contributed by atoms with Crippen molar-refractivity contribution < 1.29 is 10.2 Å². The van der Waals surface area contributed by atoms with Crippen molar-refractivity contribution in [2.24, 2.45) is 0 Å². The number of hydrogen-bond donors (Lipinski definition) is 3. The van der Waals surface area contributed by atoms with Gasteiger partial charge in [0, 0.05) is 40.9 Å². The van der Waals surface area contributed by atoms with E-state index in [0.717, 1.165) is 17.8 Å². The van der Waals surface area contributed by atoms with Crippen molar-refractivity contribution in [2.45, 2.75) is 5.92 Å². The first kappa shape index (κ1) is 10.5. The van der Waals surface area contributed by atoms with Gasteiger partial charge in [0.2, 0.25) is 0 Å². The lowest BCUT2D eigenvalue weighted by molar-refractivity contribution is 0.475. The SMILES string of the molecule is Oc1cc2c(c3c(O)cccc13)[C@H](CCl)CN2. The maximum absolute atomic E-state index is 9.99. The molecule has 0 fully saturated rings. The molecule has 1 heterocycles. The van der Waals surface area contributed by atoms with Gasteiger partial charge in [-0.15, -0.1) is 11.6 Å². The summed E-state index contributed by atoms with van der Waals surface area (Å²) in [7, 11) is 0. The molecule has 1 aliphatic heterocycles. The van der Waals surface area contributed by atoms with Crippen LogP contribution < -0.4 is 5.32 Å². The molecule has 3 N–H and O–H groups in total. The Morgan fingerprint density at radius 2 is 2.12 bits per heavy atom. The number of anilines is 1. The first-order valence-electron chi connectivity index (χ1n) is 5.49. The number of halogens is 1.